The fourth-order valence-electron chi connectivity index (χ4n) is 0.873. The molecule has 0 heterocycles. The van der Waals surface area contributed by atoms with Crippen LogP contribution in [-0.2, 0) is 14.3 Å². The zero-order valence-corrected chi connectivity index (χ0v) is 10.2. The second kappa shape index (κ2) is 6.44. The van der Waals surface area contributed by atoms with Gasteiger partial charge >= 0.3 is 6.09 Å². The molecule has 0 radical (unpaired) electrons. The maximum absolute atomic E-state index is 11.4. The lowest BCUT2D eigenvalue weighted by molar-refractivity contribution is -0.122. The number of carbonyl (C=O) groups excluding carboxylic acids is 2. The molecule has 3 N–H and O–H groups in total. The van der Waals surface area contributed by atoms with Gasteiger partial charge in [-0.05, 0) is 27.2 Å². The molecule has 0 saturated carbocycles. The molecule has 6 nitrogen and oxygen atoms in total. The summed E-state index contributed by atoms with van der Waals surface area (Å²) in [7, 11) is 1.51. The Morgan fingerprint density at radius 3 is 2.38 bits per heavy atom. The molecule has 2 amide bonds. The lowest BCUT2D eigenvalue weighted by Gasteiger charge is -2.20. The smallest absolute Gasteiger partial charge is 0.414 e. The summed E-state index contributed by atoms with van der Waals surface area (Å²) in [5, 5.41) is 2.06. The quantitative estimate of drug-likeness (QED) is 0.732. The van der Waals surface area contributed by atoms with E-state index in [-0.39, 0.29) is 0 Å². The molecule has 1 atom stereocenters. The number of ether oxygens (including phenoxy) is 2. The van der Waals surface area contributed by atoms with Crippen molar-refractivity contribution in [2.24, 2.45) is 5.73 Å². The first-order chi connectivity index (χ1) is 7.26. The number of imide groups is 1. The molecule has 94 valence electrons. The highest BCUT2D eigenvalue weighted by Crippen LogP contribution is 2.06. The van der Waals surface area contributed by atoms with Crippen LogP contribution in [0.15, 0.2) is 0 Å². The highest BCUT2D eigenvalue weighted by atomic mass is 16.6. The first-order valence-electron chi connectivity index (χ1n) is 5.04. The molecule has 0 aromatic heterocycles. The summed E-state index contributed by atoms with van der Waals surface area (Å²) in [6.45, 7) is 5.49. The van der Waals surface area contributed by atoms with E-state index in [4.69, 9.17) is 15.2 Å². The third kappa shape index (κ3) is 7.19. The van der Waals surface area contributed by atoms with E-state index < -0.39 is 23.6 Å². The van der Waals surface area contributed by atoms with E-state index in [1.165, 1.54) is 7.11 Å². The lowest BCUT2D eigenvalue weighted by Crippen LogP contribution is -2.45. The zero-order chi connectivity index (χ0) is 12.8. The molecule has 6 heteroatoms. The molecule has 0 bridgehead atoms. The van der Waals surface area contributed by atoms with Crippen LogP contribution in [0.2, 0.25) is 0 Å². The van der Waals surface area contributed by atoms with Crippen LogP contribution in [0, 0.1) is 0 Å². The monoisotopic (exact) mass is 232 g/mol. The number of amides is 2. The standard InChI is InChI=1S/C10H20N2O4/c1-10(2,3)16-9(14)12-8(13)7(11)5-6-15-4/h7H,5-6,11H2,1-4H3,(H,12,13,14)/t7-/m0/s1. The van der Waals surface area contributed by atoms with E-state index in [1.54, 1.807) is 20.8 Å². The third-order valence-electron chi connectivity index (χ3n) is 1.59. The molecule has 0 aliphatic rings. The summed E-state index contributed by atoms with van der Waals surface area (Å²) in [5.74, 6) is -0.564. The summed E-state index contributed by atoms with van der Waals surface area (Å²) in [6, 6.07) is -0.771. The van der Waals surface area contributed by atoms with Crippen molar-refractivity contribution in [2.45, 2.75) is 38.8 Å². The van der Waals surface area contributed by atoms with Crippen LogP contribution in [0.3, 0.4) is 0 Å². The summed E-state index contributed by atoms with van der Waals surface area (Å²) >= 11 is 0. The van der Waals surface area contributed by atoms with E-state index in [0.29, 0.717) is 13.0 Å². The van der Waals surface area contributed by atoms with Gasteiger partial charge in [0.25, 0.3) is 0 Å². The molecule has 0 fully saturated rings. The first-order valence-corrected chi connectivity index (χ1v) is 5.04. The van der Waals surface area contributed by atoms with E-state index in [9.17, 15) is 9.59 Å². The average Bonchev–Trinajstić information content (AvgIpc) is 2.10. The van der Waals surface area contributed by atoms with Crippen molar-refractivity contribution in [2.75, 3.05) is 13.7 Å². The molecular weight excluding hydrogens is 212 g/mol. The Labute approximate surface area is 95.5 Å². The molecule has 0 aromatic carbocycles. The van der Waals surface area contributed by atoms with Gasteiger partial charge in [-0.1, -0.05) is 0 Å². The molecule has 0 aliphatic carbocycles. The van der Waals surface area contributed by atoms with Crippen LogP contribution in [0.4, 0.5) is 4.79 Å². The molecule has 0 saturated heterocycles. The van der Waals surface area contributed by atoms with E-state index in [2.05, 4.69) is 5.32 Å². The normalized spacial score (nSPS) is 13.1. The molecule has 0 spiro atoms. The molecule has 0 aliphatic heterocycles. The van der Waals surface area contributed by atoms with Gasteiger partial charge in [0, 0.05) is 13.7 Å². The number of nitrogens with one attached hydrogen (secondary N) is 1. The van der Waals surface area contributed by atoms with E-state index in [0.717, 1.165) is 0 Å². The molecular formula is C10H20N2O4. The SMILES string of the molecule is COCC[C@H](N)C(=O)NC(=O)OC(C)(C)C. The maximum Gasteiger partial charge on any atom is 0.414 e. The minimum Gasteiger partial charge on any atom is -0.444 e. The average molecular weight is 232 g/mol. The Hall–Kier alpha value is -1.14. The first kappa shape index (κ1) is 14.9. The Morgan fingerprint density at radius 2 is 1.94 bits per heavy atom. The second-order valence-electron chi connectivity index (χ2n) is 4.38. The molecule has 16 heavy (non-hydrogen) atoms. The van der Waals surface area contributed by atoms with Gasteiger partial charge < -0.3 is 15.2 Å². The Kier molecular flexibility index (Phi) is 5.98. The minimum atomic E-state index is -0.787. The van der Waals surface area contributed by atoms with Crippen molar-refractivity contribution < 1.29 is 19.1 Å². The van der Waals surface area contributed by atoms with Crippen LogP contribution in [0.1, 0.15) is 27.2 Å². The zero-order valence-electron chi connectivity index (χ0n) is 10.2. The van der Waals surface area contributed by atoms with Crippen molar-refractivity contribution in [1.29, 1.82) is 0 Å². The van der Waals surface area contributed by atoms with Crippen molar-refractivity contribution in [3.05, 3.63) is 0 Å². The highest BCUT2D eigenvalue weighted by Gasteiger charge is 2.21. The lowest BCUT2D eigenvalue weighted by atomic mass is 10.2. The van der Waals surface area contributed by atoms with Crippen molar-refractivity contribution in [1.82, 2.24) is 5.32 Å². The van der Waals surface area contributed by atoms with Crippen LogP contribution < -0.4 is 11.1 Å². The Balaban J connectivity index is 3.99. The highest BCUT2D eigenvalue weighted by molar-refractivity contribution is 5.94. The number of rotatable bonds is 4. The van der Waals surface area contributed by atoms with Gasteiger partial charge in [-0.2, -0.15) is 0 Å². The predicted molar refractivity (Wildman–Crippen MR) is 58.8 cm³/mol. The Bertz CT molecular complexity index is 248. The van der Waals surface area contributed by atoms with Crippen molar-refractivity contribution >= 4 is 12.0 Å². The number of carbonyl (C=O) groups is 2. The van der Waals surface area contributed by atoms with E-state index in [1.807, 2.05) is 0 Å². The van der Waals surface area contributed by atoms with Gasteiger partial charge in [-0.15, -0.1) is 0 Å². The topological polar surface area (TPSA) is 90.6 Å². The predicted octanol–water partition coefficient (Wildman–Crippen LogP) is 0.401. The van der Waals surface area contributed by atoms with Crippen LogP contribution in [0.25, 0.3) is 0 Å². The summed E-state index contributed by atoms with van der Waals surface area (Å²) in [5.41, 5.74) is 4.88. The van der Waals surface area contributed by atoms with Gasteiger partial charge in [0.05, 0.1) is 6.04 Å². The largest absolute Gasteiger partial charge is 0.444 e. The number of nitrogens with two attached hydrogens (primary N) is 1. The van der Waals surface area contributed by atoms with Gasteiger partial charge in [0.2, 0.25) is 5.91 Å². The number of alkyl carbamates (subject to hydrolysis) is 1. The number of hydrogen-bond acceptors (Lipinski definition) is 5. The van der Waals surface area contributed by atoms with Crippen LogP contribution in [-0.4, -0.2) is 37.4 Å². The molecule has 0 aromatic rings. The van der Waals surface area contributed by atoms with Gasteiger partial charge in [-0.25, -0.2) is 4.79 Å². The maximum atomic E-state index is 11.4. The fraction of sp³-hybridized carbons (Fsp3) is 0.800. The molecule has 0 rings (SSSR count). The Morgan fingerprint density at radius 1 is 1.38 bits per heavy atom. The van der Waals surface area contributed by atoms with Gasteiger partial charge in [0.15, 0.2) is 0 Å². The summed E-state index contributed by atoms with van der Waals surface area (Å²) in [4.78, 5) is 22.6. The third-order valence-corrected chi connectivity index (χ3v) is 1.59. The van der Waals surface area contributed by atoms with Gasteiger partial charge in [0.1, 0.15) is 5.60 Å². The van der Waals surface area contributed by atoms with Crippen molar-refractivity contribution in [3.63, 3.8) is 0 Å². The van der Waals surface area contributed by atoms with Crippen LogP contribution in [0.5, 0.6) is 0 Å². The number of hydrogen-bond donors (Lipinski definition) is 2. The second-order valence-corrected chi connectivity index (χ2v) is 4.38. The van der Waals surface area contributed by atoms with Gasteiger partial charge in [-0.3, -0.25) is 10.1 Å². The summed E-state index contributed by atoms with van der Waals surface area (Å²) in [6.07, 6.45) is -0.434. The molecule has 0 unspecified atom stereocenters. The summed E-state index contributed by atoms with van der Waals surface area (Å²) < 4.78 is 9.68. The minimum absolute atomic E-state index is 0.352. The number of methoxy groups -OCH3 is 1. The van der Waals surface area contributed by atoms with Crippen molar-refractivity contribution in [3.8, 4) is 0 Å². The van der Waals surface area contributed by atoms with Crippen LogP contribution >= 0.6 is 0 Å². The van der Waals surface area contributed by atoms with E-state index >= 15 is 0 Å². The fourth-order valence-corrected chi connectivity index (χ4v) is 0.873.